The molecular formula is C16H26N4. The third kappa shape index (κ3) is 2.36. The van der Waals surface area contributed by atoms with Gasteiger partial charge in [0.2, 0.25) is 0 Å². The van der Waals surface area contributed by atoms with E-state index in [1.807, 2.05) is 0 Å². The molecule has 0 amide bonds. The summed E-state index contributed by atoms with van der Waals surface area (Å²) in [6, 6.07) is 0.720. The number of piperidine rings is 1. The Bertz CT molecular complexity index is 486. The van der Waals surface area contributed by atoms with Crippen molar-refractivity contribution in [3.05, 3.63) is 11.4 Å². The maximum absolute atomic E-state index is 4.88. The first-order chi connectivity index (χ1) is 9.72. The second-order valence-electron chi connectivity index (χ2n) is 6.20. The fourth-order valence-electron chi connectivity index (χ4n) is 3.69. The number of rotatable bonds is 5. The van der Waals surface area contributed by atoms with E-state index in [-0.39, 0.29) is 0 Å². The first-order valence-corrected chi connectivity index (χ1v) is 8.11. The SMILES string of the molecule is CCCc1nc(NCC)c(C)c(N2CC3CCC2C3)n1. The molecule has 4 heteroatoms. The van der Waals surface area contributed by atoms with Gasteiger partial charge in [0.05, 0.1) is 0 Å². The number of aryl methyl sites for hydroxylation is 1. The van der Waals surface area contributed by atoms with E-state index in [0.29, 0.717) is 0 Å². The molecule has 1 aromatic rings. The molecule has 2 aliphatic rings. The number of nitrogens with one attached hydrogen (secondary N) is 1. The molecule has 110 valence electrons. The van der Waals surface area contributed by atoms with Crippen molar-refractivity contribution in [1.82, 2.24) is 9.97 Å². The lowest BCUT2D eigenvalue weighted by Gasteiger charge is -2.30. The molecule has 3 rings (SSSR count). The summed E-state index contributed by atoms with van der Waals surface area (Å²) in [6.45, 7) is 8.58. The van der Waals surface area contributed by atoms with Crippen LogP contribution in [0.15, 0.2) is 0 Å². The molecule has 1 aliphatic heterocycles. The Morgan fingerprint density at radius 1 is 1.25 bits per heavy atom. The second-order valence-corrected chi connectivity index (χ2v) is 6.20. The maximum Gasteiger partial charge on any atom is 0.137 e. The van der Waals surface area contributed by atoms with Crippen LogP contribution < -0.4 is 10.2 Å². The third-order valence-corrected chi connectivity index (χ3v) is 4.67. The predicted octanol–water partition coefficient (Wildman–Crippen LogP) is 3.16. The molecular weight excluding hydrogens is 248 g/mol. The first kappa shape index (κ1) is 13.7. The molecule has 20 heavy (non-hydrogen) atoms. The number of aromatic nitrogens is 2. The van der Waals surface area contributed by atoms with E-state index in [1.165, 1.54) is 37.2 Å². The molecule has 0 aromatic carbocycles. The fraction of sp³-hybridized carbons (Fsp3) is 0.750. The van der Waals surface area contributed by atoms with Gasteiger partial charge in [-0.25, -0.2) is 9.97 Å². The van der Waals surface area contributed by atoms with Gasteiger partial charge in [0.25, 0.3) is 0 Å². The summed E-state index contributed by atoms with van der Waals surface area (Å²) >= 11 is 0. The van der Waals surface area contributed by atoms with Crippen molar-refractivity contribution in [1.29, 1.82) is 0 Å². The molecule has 4 nitrogen and oxygen atoms in total. The predicted molar refractivity (Wildman–Crippen MR) is 83.4 cm³/mol. The molecule has 2 unspecified atom stereocenters. The van der Waals surface area contributed by atoms with Crippen LogP contribution in [0.3, 0.4) is 0 Å². The standard InChI is InChI=1S/C16H26N4/c1-4-6-14-18-15(17-5-2)11(3)16(19-14)20-10-12-7-8-13(20)9-12/h12-13H,4-10H2,1-3H3,(H,17,18,19). The zero-order chi connectivity index (χ0) is 14.1. The van der Waals surface area contributed by atoms with Crippen molar-refractivity contribution < 1.29 is 0 Å². The molecule has 1 saturated heterocycles. The Morgan fingerprint density at radius 2 is 2.10 bits per heavy atom. The highest BCUT2D eigenvalue weighted by molar-refractivity contribution is 5.60. The number of anilines is 2. The van der Waals surface area contributed by atoms with Crippen LogP contribution in [-0.4, -0.2) is 29.1 Å². The fourth-order valence-corrected chi connectivity index (χ4v) is 3.69. The van der Waals surface area contributed by atoms with Crippen LogP contribution in [0.2, 0.25) is 0 Å². The van der Waals surface area contributed by atoms with Crippen LogP contribution in [-0.2, 0) is 6.42 Å². The van der Waals surface area contributed by atoms with Crippen molar-refractivity contribution in [2.75, 3.05) is 23.3 Å². The lowest BCUT2D eigenvalue weighted by atomic mass is 10.1. The van der Waals surface area contributed by atoms with Crippen molar-refractivity contribution >= 4 is 11.6 Å². The molecule has 0 spiro atoms. The molecule has 2 fully saturated rings. The zero-order valence-corrected chi connectivity index (χ0v) is 12.9. The highest BCUT2D eigenvalue weighted by Crippen LogP contribution is 2.41. The number of hydrogen-bond donors (Lipinski definition) is 1. The lowest BCUT2D eigenvalue weighted by molar-refractivity contribution is 0.548. The Morgan fingerprint density at radius 3 is 2.70 bits per heavy atom. The number of hydrogen-bond acceptors (Lipinski definition) is 4. The minimum Gasteiger partial charge on any atom is -0.370 e. The van der Waals surface area contributed by atoms with Gasteiger partial charge in [-0.05, 0) is 45.4 Å². The van der Waals surface area contributed by atoms with Crippen LogP contribution in [0.4, 0.5) is 11.6 Å². The summed E-state index contributed by atoms with van der Waals surface area (Å²) in [5.74, 6) is 4.11. The van der Waals surface area contributed by atoms with Gasteiger partial charge in [0.1, 0.15) is 17.5 Å². The first-order valence-electron chi connectivity index (χ1n) is 8.11. The van der Waals surface area contributed by atoms with E-state index in [2.05, 4.69) is 31.0 Å². The van der Waals surface area contributed by atoms with Gasteiger partial charge in [-0.3, -0.25) is 0 Å². The monoisotopic (exact) mass is 274 g/mol. The normalized spacial score (nSPS) is 24.4. The minimum absolute atomic E-state index is 0.720. The van der Waals surface area contributed by atoms with Crippen molar-refractivity contribution in [2.24, 2.45) is 5.92 Å². The Labute approximate surface area is 122 Å². The van der Waals surface area contributed by atoms with Gasteiger partial charge < -0.3 is 10.2 Å². The van der Waals surface area contributed by atoms with E-state index in [4.69, 9.17) is 9.97 Å². The maximum atomic E-state index is 4.88. The van der Waals surface area contributed by atoms with E-state index in [0.717, 1.165) is 43.0 Å². The topological polar surface area (TPSA) is 41.1 Å². The Hall–Kier alpha value is -1.32. The van der Waals surface area contributed by atoms with Gasteiger partial charge >= 0.3 is 0 Å². The average molecular weight is 274 g/mol. The second kappa shape index (κ2) is 5.58. The van der Waals surface area contributed by atoms with E-state index in [9.17, 15) is 0 Å². The molecule has 2 atom stereocenters. The van der Waals surface area contributed by atoms with Crippen LogP contribution in [0, 0.1) is 12.8 Å². The number of nitrogens with zero attached hydrogens (tertiary/aromatic N) is 3. The van der Waals surface area contributed by atoms with Crippen molar-refractivity contribution in [3.8, 4) is 0 Å². The van der Waals surface area contributed by atoms with E-state index in [1.54, 1.807) is 0 Å². The average Bonchev–Trinajstić information content (AvgIpc) is 3.05. The molecule has 2 bridgehead atoms. The molecule has 2 heterocycles. The van der Waals surface area contributed by atoms with E-state index < -0.39 is 0 Å². The van der Waals surface area contributed by atoms with Crippen LogP contribution in [0.1, 0.15) is 50.9 Å². The Balaban J connectivity index is 1.95. The minimum atomic E-state index is 0.720. The van der Waals surface area contributed by atoms with Crippen molar-refractivity contribution in [3.63, 3.8) is 0 Å². The summed E-state index contributed by atoms with van der Waals surface area (Å²) in [5, 5.41) is 3.40. The van der Waals surface area contributed by atoms with Crippen LogP contribution in [0.25, 0.3) is 0 Å². The van der Waals surface area contributed by atoms with Gasteiger partial charge in [-0.2, -0.15) is 0 Å². The summed E-state index contributed by atoms with van der Waals surface area (Å²) in [4.78, 5) is 12.1. The van der Waals surface area contributed by atoms with Crippen LogP contribution in [0.5, 0.6) is 0 Å². The highest BCUT2D eigenvalue weighted by atomic mass is 15.3. The highest BCUT2D eigenvalue weighted by Gasteiger charge is 2.39. The van der Waals surface area contributed by atoms with Gasteiger partial charge in [-0.1, -0.05) is 6.92 Å². The quantitative estimate of drug-likeness (QED) is 0.895. The number of fused-ring (bicyclic) bond motifs is 2. The van der Waals surface area contributed by atoms with Crippen LogP contribution >= 0.6 is 0 Å². The lowest BCUT2D eigenvalue weighted by Crippen LogP contribution is -2.33. The molecule has 1 aliphatic carbocycles. The smallest absolute Gasteiger partial charge is 0.137 e. The third-order valence-electron chi connectivity index (χ3n) is 4.67. The largest absolute Gasteiger partial charge is 0.370 e. The molecule has 1 N–H and O–H groups in total. The Kier molecular flexibility index (Phi) is 3.81. The summed E-state index contributed by atoms with van der Waals surface area (Å²) in [6.07, 6.45) is 6.18. The summed E-state index contributed by atoms with van der Waals surface area (Å²) < 4.78 is 0. The van der Waals surface area contributed by atoms with Gasteiger partial charge in [0.15, 0.2) is 0 Å². The van der Waals surface area contributed by atoms with Crippen molar-refractivity contribution in [2.45, 2.75) is 58.9 Å². The summed E-state index contributed by atoms with van der Waals surface area (Å²) in [7, 11) is 0. The molecule has 1 aromatic heterocycles. The molecule has 1 saturated carbocycles. The molecule has 0 radical (unpaired) electrons. The zero-order valence-electron chi connectivity index (χ0n) is 12.9. The van der Waals surface area contributed by atoms with Gasteiger partial charge in [-0.15, -0.1) is 0 Å². The van der Waals surface area contributed by atoms with E-state index >= 15 is 0 Å². The van der Waals surface area contributed by atoms with Gasteiger partial charge in [0, 0.05) is 31.1 Å². The summed E-state index contributed by atoms with van der Waals surface area (Å²) in [5.41, 5.74) is 1.22.